The summed E-state index contributed by atoms with van der Waals surface area (Å²) in [5.74, 6) is 0.707. The van der Waals surface area contributed by atoms with Crippen LogP contribution < -0.4 is 15.4 Å². The van der Waals surface area contributed by atoms with Gasteiger partial charge in [0, 0.05) is 13.6 Å². The van der Waals surface area contributed by atoms with E-state index in [0.29, 0.717) is 0 Å². The zero-order valence-corrected chi connectivity index (χ0v) is 10.7. The third-order valence-electron chi connectivity index (χ3n) is 3.37. The number of aryl methyl sites for hydroxylation is 2. The molecule has 0 aromatic heterocycles. The highest BCUT2D eigenvalue weighted by atomic mass is 16.5. The Hall–Kier alpha value is -1.55. The summed E-state index contributed by atoms with van der Waals surface area (Å²) in [7, 11) is 1.78. The Kier molecular flexibility index (Phi) is 2.83. The molecule has 2 N–H and O–H groups in total. The van der Waals surface area contributed by atoms with Crippen LogP contribution in [0.5, 0.6) is 5.75 Å². The minimum absolute atomic E-state index is 0.0758. The minimum Gasteiger partial charge on any atom is -0.477 e. The monoisotopic (exact) mass is 234 g/mol. The van der Waals surface area contributed by atoms with Gasteiger partial charge in [-0.1, -0.05) is 6.07 Å². The highest BCUT2D eigenvalue weighted by molar-refractivity contribution is 6.01. The number of carbonyl (C=O) groups is 1. The topological polar surface area (TPSA) is 55.6 Å². The molecule has 4 heteroatoms. The van der Waals surface area contributed by atoms with Crippen molar-refractivity contribution in [2.24, 2.45) is 5.73 Å². The SMILES string of the molecule is Cc1cc(C)c2c(c1C)N(C)C(=O)C(CN)O2. The van der Waals surface area contributed by atoms with Crippen LogP contribution in [0.4, 0.5) is 5.69 Å². The molecule has 1 amide bonds. The first-order valence-corrected chi connectivity index (χ1v) is 5.72. The number of anilines is 1. The quantitative estimate of drug-likeness (QED) is 0.796. The van der Waals surface area contributed by atoms with Gasteiger partial charge in [0.2, 0.25) is 0 Å². The third kappa shape index (κ3) is 1.69. The number of likely N-dealkylation sites (N-methyl/N-ethyl adjacent to an activating group) is 1. The molecule has 1 aromatic carbocycles. The molecular formula is C13H18N2O2. The maximum Gasteiger partial charge on any atom is 0.269 e. The second kappa shape index (κ2) is 4.04. The Morgan fingerprint density at radius 2 is 2.00 bits per heavy atom. The van der Waals surface area contributed by atoms with E-state index in [1.807, 2.05) is 20.8 Å². The van der Waals surface area contributed by atoms with Crippen molar-refractivity contribution in [1.29, 1.82) is 0 Å². The van der Waals surface area contributed by atoms with Gasteiger partial charge in [-0.2, -0.15) is 0 Å². The van der Waals surface area contributed by atoms with Crippen molar-refractivity contribution in [2.75, 3.05) is 18.5 Å². The fourth-order valence-corrected chi connectivity index (χ4v) is 2.26. The molecule has 1 atom stereocenters. The van der Waals surface area contributed by atoms with E-state index in [4.69, 9.17) is 10.5 Å². The van der Waals surface area contributed by atoms with Gasteiger partial charge in [-0.05, 0) is 37.5 Å². The number of rotatable bonds is 1. The van der Waals surface area contributed by atoms with Crippen LogP contribution >= 0.6 is 0 Å². The molecule has 1 aliphatic heterocycles. The van der Waals surface area contributed by atoms with E-state index in [1.54, 1.807) is 11.9 Å². The molecule has 17 heavy (non-hydrogen) atoms. The second-order valence-corrected chi connectivity index (χ2v) is 4.55. The van der Waals surface area contributed by atoms with Gasteiger partial charge in [0.05, 0.1) is 5.69 Å². The number of fused-ring (bicyclic) bond motifs is 1. The van der Waals surface area contributed by atoms with Crippen LogP contribution in [-0.2, 0) is 4.79 Å². The Labute approximate surface area is 101 Å². The average molecular weight is 234 g/mol. The summed E-state index contributed by atoms with van der Waals surface area (Å²) in [6.45, 7) is 6.23. The number of carbonyl (C=O) groups excluding carboxylic acids is 1. The van der Waals surface area contributed by atoms with Crippen LogP contribution in [0.15, 0.2) is 6.07 Å². The molecular weight excluding hydrogens is 216 g/mol. The lowest BCUT2D eigenvalue weighted by Gasteiger charge is -2.34. The van der Waals surface area contributed by atoms with Crippen molar-refractivity contribution >= 4 is 11.6 Å². The number of hydrogen-bond donors (Lipinski definition) is 1. The number of amides is 1. The number of nitrogens with zero attached hydrogens (tertiary/aromatic N) is 1. The van der Waals surface area contributed by atoms with Gasteiger partial charge in [0.15, 0.2) is 6.10 Å². The lowest BCUT2D eigenvalue weighted by Crippen LogP contribution is -2.48. The summed E-state index contributed by atoms with van der Waals surface area (Å²) in [6, 6.07) is 2.07. The molecule has 0 fully saturated rings. The maximum atomic E-state index is 12.0. The molecule has 0 bridgehead atoms. The first-order valence-electron chi connectivity index (χ1n) is 5.72. The largest absolute Gasteiger partial charge is 0.477 e. The molecule has 1 unspecified atom stereocenters. The van der Waals surface area contributed by atoms with E-state index < -0.39 is 6.10 Å². The van der Waals surface area contributed by atoms with E-state index in [0.717, 1.165) is 28.1 Å². The fourth-order valence-electron chi connectivity index (χ4n) is 2.26. The van der Waals surface area contributed by atoms with Crippen LogP contribution in [0.2, 0.25) is 0 Å². The van der Waals surface area contributed by atoms with Crippen molar-refractivity contribution in [3.05, 3.63) is 22.8 Å². The van der Waals surface area contributed by atoms with Gasteiger partial charge in [-0.15, -0.1) is 0 Å². The molecule has 92 valence electrons. The van der Waals surface area contributed by atoms with Crippen LogP contribution in [0, 0.1) is 20.8 Å². The van der Waals surface area contributed by atoms with Crippen LogP contribution in [0.3, 0.4) is 0 Å². The summed E-state index contributed by atoms with van der Waals surface area (Å²) in [5, 5.41) is 0. The van der Waals surface area contributed by atoms with E-state index in [9.17, 15) is 4.79 Å². The first kappa shape index (κ1) is 11.9. The zero-order chi connectivity index (χ0) is 12.7. The molecule has 2 rings (SSSR count). The highest BCUT2D eigenvalue weighted by Crippen LogP contribution is 2.40. The summed E-state index contributed by atoms with van der Waals surface area (Å²) < 4.78 is 5.71. The normalized spacial score (nSPS) is 19.0. The van der Waals surface area contributed by atoms with Crippen LogP contribution in [0.1, 0.15) is 16.7 Å². The van der Waals surface area contributed by atoms with Gasteiger partial charge in [0.25, 0.3) is 5.91 Å². The number of nitrogens with two attached hydrogens (primary N) is 1. The number of hydrogen-bond acceptors (Lipinski definition) is 3. The zero-order valence-electron chi connectivity index (χ0n) is 10.7. The smallest absolute Gasteiger partial charge is 0.269 e. The molecule has 1 heterocycles. The molecule has 0 saturated carbocycles. The van der Waals surface area contributed by atoms with Crippen molar-refractivity contribution in [1.82, 2.24) is 0 Å². The Morgan fingerprint density at radius 1 is 1.35 bits per heavy atom. The van der Waals surface area contributed by atoms with Gasteiger partial charge < -0.3 is 15.4 Å². The van der Waals surface area contributed by atoms with Crippen molar-refractivity contribution in [3.63, 3.8) is 0 Å². The summed E-state index contributed by atoms with van der Waals surface area (Å²) in [5.41, 5.74) is 9.72. The third-order valence-corrected chi connectivity index (χ3v) is 3.37. The Balaban J connectivity index is 2.64. The van der Waals surface area contributed by atoms with Crippen molar-refractivity contribution in [2.45, 2.75) is 26.9 Å². The standard InChI is InChI=1S/C13H18N2O2/c1-7-5-8(2)12-11(9(7)3)15(4)13(16)10(6-14)17-12/h5,10H,6,14H2,1-4H3. The average Bonchev–Trinajstić information content (AvgIpc) is 2.29. The summed E-state index contributed by atoms with van der Waals surface area (Å²) in [6.07, 6.45) is -0.562. The molecule has 0 aliphatic carbocycles. The molecule has 1 aromatic rings. The maximum absolute atomic E-state index is 12.0. The summed E-state index contributed by atoms with van der Waals surface area (Å²) >= 11 is 0. The Morgan fingerprint density at radius 3 is 2.59 bits per heavy atom. The highest BCUT2D eigenvalue weighted by Gasteiger charge is 2.33. The van der Waals surface area contributed by atoms with Gasteiger partial charge >= 0.3 is 0 Å². The fraction of sp³-hybridized carbons (Fsp3) is 0.462. The molecule has 0 spiro atoms. The molecule has 1 aliphatic rings. The van der Waals surface area contributed by atoms with Gasteiger partial charge in [-0.3, -0.25) is 4.79 Å². The van der Waals surface area contributed by atoms with E-state index in [1.165, 1.54) is 0 Å². The van der Waals surface area contributed by atoms with Gasteiger partial charge in [-0.25, -0.2) is 0 Å². The molecule has 4 nitrogen and oxygen atoms in total. The predicted octanol–water partition coefficient (Wildman–Crippen LogP) is 1.29. The predicted molar refractivity (Wildman–Crippen MR) is 67.5 cm³/mol. The molecule has 0 radical (unpaired) electrons. The second-order valence-electron chi connectivity index (χ2n) is 4.55. The number of ether oxygens (including phenoxy) is 1. The lowest BCUT2D eigenvalue weighted by molar-refractivity contribution is -0.125. The van der Waals surface area contributed by atoms with Crippen LogP contribution in [-0.4, -0.2) is 25.6 Å². The Bertz CT molecular complexity index is 483. The summed E-state index contributed by atoms with van der Waals surface area (Å²) in [4.78, 5) is 13.7. The van der Waals surface area contributed by atoms with Crippen molar-refractivity contribution in [3.8, 4) is 5.75 Å². The van der Waals surface area contributed by atoms with E-state index in [2.05, 4.69) is 6.07 Å². The van der Waals surface area contributed by atoms with Crippen molar-refractivity contribution < 1.29 is 9.53 Å². The van der Waals surface area contributed by atoms with E-state index in [-0.39, 0.29) is 12.5 Å². The molecule has 0 saturated heterocycles. The number of benzene rings is 1. The minimum atomic E-state index is -0.562. The van der Waals surface area contributed by atoms with Gasteiger partial charge in [0.1, 0.15) is 5.75 Å². The van der Waals surface area contributed by atoms with Crippen LogP contribution in [0.25, 0.3) is 0 Å². The van der Waals surface area contributed by atoms with E-state index >= 15 is 0 Å². The lowest BCUT2D eigenvalue weighted by atomic mass is 10.0. The first-order chi connectivity index (χ1) is 7.97.